The van der Waals surface area contributed by atoms with Crippen LogP contribution in [0.4, 0.5) is 0 Å². The lowest BCUT2D eigenvalue weighted by atomic mass is 10.2. The molecular weight excluding hydrogens is 134 g/mol. The third-order valence-electron chi connectivity index (χ3n) is 1.32. The Morgan fingerprint density at radius 1 is 1.45 bits per heavy atom. The summed E-state index contributed by atoms with van der Waals surface area (Å²) < 4.78 is 0. The van der Waals surface area contributed by atoms with Crippen LogP contribution in [0.5, 0.6) is 0 Å². The van der Waals surface area contributed by atoms with Crippen molar-refractivity contribution in [2.24, 2.45) is 0 Å². The van der Waals surface area contributed by atoms with Gasteiger partial charge in [-0.1, -0.05) is 18.9 Å². The van der Waals surface area contributed by atoms with E-state index in [2.05, 4.69) is 23.7 Å². The van der Waals surface area contributed by atoms with Crippen molar-refractivity contribution in [1.82, 2.24) is 4.98 Å². The van der Waals surface area contributed by atoms with Gasteiger partial charge in [0, 0.05) is 25.2 Å². The smallest absolute Gasteiger partial charge is 0.0355 e. The quantitative estimate of drug-likeness (QED) is 0.551. The van der Waals surface area contributed by atoms with Gasteiger partial charge in [0.25, 0.3) is 0 Å². The van der Waals surface area contributed by atoms with Crippen LogP contribution in [0.3, 0.4) is 0 Å². The molecule has 1 aromatic rings. The monoisotopic (exact) mass is 145 g/mol. The van der Waals surface area contributed by atoms with Crippen molar-refractivity contribution in [3.05, 3.63) is 30.1 Å². The Labute approximate surface area is 67.5 Å². The van der Waals surface area contributed by atoms with E-state index in [9.17, 15) is 0 Å². The van der Waals surface area contributed by atoms with Crippen LogP contribution in [-0.2, 0) is 6.42 Å². The zero-order valence-electron chi connectivity index (χ0n) is 6.67. The molecule has 56 valence electrons. The summed E-state index contributed by atoms with van der Waals surface area (Å²) in [5, 5.41) is 0. The van der Waals surface area contributed by atoms with Crippen LogP contribution in [0.2, 0.25) is 0 Å². The average Bonchev–Trinajstić information content (AvgIpc) is 2.07. The van der Waals surface area contributed by atoms with Crippen molar-refractivity contribution < 1.29 is 0 Å². The van der Waals surface area contributed by atoms with E-state index in [0.29, 0.717) is 0 Å². The number of hydrogen-bond donors (Lipinski definition) is 0. The molecule has 0 saturated heterocycles. The van der Waals surface area contributed by atoms with Crippen molar-refractivity contribution in [2.45, 2.75) is 19.8 Å². The minimum atomic E-state index is 0.821. The zero-order valence-corrected chi connectivity index (χ0v) is 6.67. The number of rotatable bonds is 1. The molecule has 1 heterocycles. The number of aromatic nitrogens is 1. The van der Waals surface area contributed by atoms with Crippen molar-refractivity contribution in [1.29, 1.82) is 0 Å². The SMILES string of the molecule is CCC#CCc1cccnc1. The van der Waals surface area contributed by atoms with Crippen LogP contribution in [0.15, 0.2) is 24.5 Å². The van der Waals surface area contributed by atoms with E-state index in [0.717, 1.165) is 12.8 Å². The minimum Gasteiger partial charge on any atom is -0.264 e. The molecule has 1 nitrogen and oxygen atoms in total. The summed E-state index contributed by atoms with van der Waals surface area (Å²) >= 11 is 0. The summed E-state index contributed by atoms with van der Waals surface area (Å²) in [4.78, 5) is 4.00. The number of nitrogens with zero attached hydrogens (tertiary/aromatic N) is 1. The van der Waals surface area contributed by atoms with Gasteiger partial charge < -0.3 is 0 Å². The highest BCUT2D eigenvalue weighted by Gasteiger charge is 1.84. The van der Waals surface area contributed by atoms with Gasteiger partial charge in [0.15, 0.2) is 0 Å². The van der Waals surface area contributed by atoms with Gasteiger partial charge in [0.05, 0.1) is 0 Å². The Morgan fingerprint density at radius 3 is 3.00 bits per heavy atom. The normalized spacial score (nSPS) is 8.45. The first-order chi connectivity index (χ1) is 5.43. The lowest BCUT2D eigenvalue weighted by Crippen LogP contribution is -1.81. The molecule has 0 unspecified atom stereocenters. The molecule has 0 fully saturated rings. The third-order valence-corrected chi connectivity index (χ3v) is 1.32. The van der Waals surface area contributed by atoms with Crippen LogP contribution >= 0.6 is 0 Å². The Bertz CT molecular complexity index is 253. The fraction of sp³-hybridized carbons (Fsp3) is 0.300. The maximum atomic E-state index is 4.00. The lowest BCUT2D eigenvalue weighted by molar-refractivity contribution is 1.20. The zero-order chi connectivity index (χ0) is 7.94. The largest absolute Gasteiger partial charge is 0.264 e. The highest BCUT2D eigenvalue weighted by Crippen LogP contribution is 1.94. The molecule has 1 aromatic heterocycles. The molecule has 11 heavy (non-hydrogen) atoms. The summed E-state index contributed by atoms with van der Waals surface area (Å²) in [5.74, 6) is 6.08. The first-order valence-corrected chi connectivity index (χ1v) is 3.78. The van der Waals surface area contributed by atoms with Gasteiger partial charge in [-0.2, -0.15) is 0 Å². The van der Waals surface area contributed by atoms with Gasteiger partial charge in [0.2, 0.25) is 0 Å². The summed E-state index contributed by atoms with van der Waals surface area (Å²) in [7, 11) is 0. The van der Waals surface area contributed by atoms with E-state index in [1.165, 1.54) is 5.56 Å². The van der Waals surface area contributed by atoms with Gasteiger partial charge in [-0.3, -0.25) is 4.98 Å². The topological polar surface area (TPSA) is 12.9 Å². The molecule has 1 rings (SSSR count). The fourth-order valence-corrected chi connectivity index (χ4v) is 0.792. The fourth-order valence-electron chi connectivity index (χ4n) is 0.792. The maximum absolute atomic E-state index is 4.00. The molecule has 0 aliphatic carbocycles. The van der Waals surface area contributed by atoms with E-state index in [4.69, 9.17) is 0 Å². The molecule has 0 aliphatic rings. The Balaban J connectivity index is 2.52. The molecule has 0 aromatic carbocycles. The molecule has 1 heteroatoms. The van der Waals surface area contributed by atoms with Crippen molar-refractivity contribution in [3.8, 4) is 11.8 Å². The van der Waals surface area contributed by atoms with E-state index < -0.39 is 0 Å². The van der Waals surface area contributed by atoms with Crippen LogP contribution in [0.25, 0.3) is 0 Å². The number of hydrogen-bond acceptors (Lipinski definition) is 1. The maximum Gasteiger partial charge on any atom is 0.0355 e. The molecule has 0 saturated carbocycles. The van der Waals surface area contributed by atoms with Gasteiger partial charge >= 0.3 is 0 Å². The minimum absolute atomic E-state index is 0.821. The first kappa shape index (κ1) is 7.81. The van der Waals surface area contributed by atoms with E-state index >= 15 is 0 Å². The van der Waals surface area contributed by atoms with Gasteiger partial charge in [0.1, 0.15) is 0 Å². The molecule has 0 bridgehead atoms. The first-order valence-electron chi connectivity index (χ1n) is 3.78. The average molecular weight is 145 g/mol. The highest BCUT2D eigenvalue weighted by atomic mass is 14.6. The van der Waals surface area contributed by atoms with Gasteiger partial charge in [-0.05, 0) is 11.6 Å². The molecule has 0 spiro atoms. The van der Waals surface area contributed by atoms with Crippen molar-refractivity contribution in [3.63, 3.8) is 0 Å². The second kappa shape index (κ2) is 4.51. The van der Waals surface area contributed by atoms with E-state index in [-0.39, 0.29) is 0 Å². The van der Waals surface area contributed by atoms with Crippen LogP contribution in [0, 0.1) is 11.8 Å². The molecule has 0 N–H and O–H groups in total. The predicted octanol–water partition coefficient (Wildman–Crippen LogP) is 2.04. The Hall–Kier alpha value is -1.29. The molecular formula is C10H11N. The summed E-state index contributed by atoms with van der Waals surface area (Å²) in [6.45, 7) is 2.05. The molecule has 0 aliphatic heterocycles. The third kappa shape index (κ3) is 2.86. The molecule has 0 amide bonds. The van der Waals surface area contributed by atoms with E-state index in [1.54, 1.807) is 6.20 Å². The number of pyridine rings is 1. The van der Waals surface area contributed by atoms with Crippen molar-refractivity contribution in [2.75, 3.05) is 0 Å². The predicted molar refractivity (Wildman–Crippen MR) is 46.0 cm³/mol. The highest BCUT2D eigenvalue weighted by molar-refractivity contribution is 5.16. The Morgan fingerprint density at radius 2 is 2.36 bits per heavy atom. The van der Waals surface area contributed by atoms with Gasteiger partial charge in [-0.25, -0.2) is 0 Å². The molecule has 0 radical (unpaired) electrons. The van der Waals surface area contributed by atoms with E-state index in [1.807, 2.05) is 18.3 Å². The second-order valence-electron chi connectivity index (χ2n) is 2.25. The lowest BCUT2D eigenvalue weighted by Gasteiger charge is -1.89. The van der Waals surface area contributed by atoms with Gasteiger partial charge in [-0.15, -0.1) is 5.92 Å². The van der Waals surface area contributed by atoms with Crippen LogP contribution < -0.4 is 0 Å². The molecule has 0 atom stereocenters. The standard InChI is InChI=1S/C10H11N/c1-2-3-4-6-10-7-5-8-11-9-10/h5,7-9H,2,6H2,1H3. The van der Waals surface area contributed by atoms with Crippen molar-refractivity contribution >= 4 is 0 Å². The Kier molecular flexibility index (Phi) is 3.21. The summed E-state index contributed by atoms with van der Waals surface area (Å²) in [6, 6.07) is 3.97. The van der Waals surface area contributed by atoms with Crippen LogP contribution in [-0.4, -0.2) is 4.98 Å². The second-order valence-corrected chi connectivity index (χ2v) is 2.25. The summed E-state index contributed by atoms with van der Waals surface area (Å²) in [5.41, 5.74) is 1.19. The van der Waals surface area contributed by atoms with Crippen LogP contribution in [0.1, 0.15) is 18.9 Å². The summed E-state index contributed by atoms with van der Waals surface area (Å²) in [6.07, 6.45) is 5.38.